The molecule has 0 aliphatic rings. The number of amides is 1. The molecule has 0 aromatic heterocycles. The fraction of sp³-hybridized carbons (Fsp3) is 0.235. The molecule has 3 nitrogen and oxygen atoms in total. The van der Waals surface area contributed by atoms with Gasteiger partial charge in [-0.3, -0.25) is 4.79 Å². The van der Waals surface area contributed by atoms with E-state index in [4.69, 9.17) is 27.9 Å². The highest BCUT2D eigenvalue weighted by Gasteiger charge is 2.13. The second kappa shape index (κ2) is 9.06. The van der Waals surface area contributed by atoms with E-state index in [2.05, 4.69) is 5.32 Å². The van der Waals surface area contributed by atoms with E-state index < -0.39 is 0 Å². The third-order valence-corrected chi connectivity index (χ3v) is 4.67. The average molecular weight is 370 g/mol. The number of ether oxygens (including phenoxy) is 1. The SMILES string of the molecule is C[C@H](Sc1ccc(Cl)cc1)C(=O)NCCOc1ccccc1Cl. The van der Waals surface area contributed by atoms with Crippen molar-refractivity contribution in [2.75, 3.05) is 13.2 Å². The van der Waals surface area contributed by atoms with E-state index in [1.54, 1.807) is 12.1 Å². The first-order valence-electron chi connectivity index (χ1n) is 7.13. The Balaban J connectivity index is 1.72. The molecule has 0 bridgehead atoms. The van der Waals surface area contributed by atoms with E-state index >= 15 is 0 Å². The van der Waals surface area contributed by atoms with Crippen molar-refractivity contribution < 1.29 is 9.53 Å². The zero-order valence-corrected chi connectivity index (χ0v) is 14.9. The molecule has 0 saturated heterocycles. The van der Waals surface area contributed by atoms with E-state index in [9.17, 15) is 4.79 Å². The quantitative estimate of drug-likeness (QED) is 0.569. The number of para-hydroxylation sites is 1. The Morgan fingerprint density at radius 3 is 2.57 bits per heavy atom. The number of carbonyl (C=O) groups excluding carboxylic acids is 1. The molecule has 0 aliphatic heterocycles. The largest absolute Gasteiger partial charge is 0.490 e. The van der Waals surface area contributed by atoms with Crippen LogP contribution in [0.5, 0.6) is 5.75 Å². The van der Waals surface area contributed by atoms with Crippen LogP contribution in [0.3, 0.4) is 0 Å². The summed E-state index contributed by atoms with van der Waals surface area (Å²) >= 11 is 13.3. The van der Waals surface area contributed by atoms with Gasteiger partial charge in [0.05, 0.1) is 16.8 Å². The van der Waals surface area contributed by atoms with Gasteiger partial charge < -0.3 is 10.1 Å². The van der Waals surface area contributed by atoms with Crippen molar-refractivity contribution >= 4 is 40.9 Å². The predicted molar refractivity (Wildman–Crippen MR) is 96.7 cm³/mol. The second-order valence-corrected chi connectivity index (χ2v) is 7.04. The maximum atomic E-state index is 12.1. The van der Waals surface area contributed by atoms with Crippen LogP contribution in [-0.2, 0) is 4.79 Å². The first kappa shape index (κ1) is 18.0. The number of hydrogen-bond donors (Lipinski definition) is 1. The lowest BCUT2D eigenvalue weighted by Crippen LogP contribution is -2.33. The number of benzene rings is 2. The van der Waals surface area contributed by atoms with Gasteiger partial charge in [-0.1, -0.05) is 35.3 Å². The van der Waals surface area contributed by atoms with Crippen molar-refractivity contribution in [3.05, 3.63) is 58.6 Å². The zero-order valence-electron chi connectivity index (χ0n) is 12.6. The standard InChI is InChI=1S/C17H17Cl2NO2S/c1-12(23-14-8-6-13(18)7-9-14)17(21)20-10-11-22-16-5-3-2-4-15(16)19/h2-9,12H,10-11H2,1H3,(H,20,21)/t12-/m0/s1. The molecule has 23 heavy (non-hydrogen) atoms. The molecule has 0 fully saturated rings. The number of halogens is 2. The summed E-state index contributed by atoms with van der Waals surface area (Å²) in [6.07, 6.45) is 0. The summed E-state index contributed by atoms with van der Waals surface area (Å²) < 4.78 is 5.53. The molecule has 6 heteroatoms. The van der Waals surface area contributed by atoms with Gasteiger partial charge >= 0.3 is 0 Å². The highest BCUT2D eigenvalue weighted by molar-refractivity contribution is 8.00. The van der Waals surface area contributed by atoms with Gasteiger partial charge in [-0.2, -0.15) is 0 Å². The molecular weight excluding hydrogens is 353 g/mol. The normalized spacial score (nSPS) is 11.8. The van der Waals surface area contributed by atoms with Crippen LogP contribution < -0.4 is 10.1 Å². The molecule has 1 amide bonds. The van der Waals surface area contributed by atoms with Gasteiger partial charge in [0.25, 0.3) is 0 Å². The summed E-state index contributed by atoms with van der Waals surface area (Å²) in [6.45, 7) is 2.66. The molecule has 0 heterocycles. The van der Waals surface area contributed by atoms with E-state index in [0.717, 1.165) is 4.90 Å². The minimum absolute atomic E-state index is 0.0345. The summed E-state index contributed by atoms with van der Waals surface area (Å²) in [4.78, 5) is 13.1. The van der Waals surface area contributed by atoms with Crippen LogP contribution in [-0.4, -0.2) is 24.3 Å². The van der Waals surface area contributed by atoms with Gasteiger partial charge in [0.15, 0.2) is 0 Å². The first-order chi connectivity index (χ1) is 11.1. The molecule has 0 unspecified atom stereocenters. The molecule has 2 aromatic carbocycles. The molecular formula is C17H17Cl2NO2S. The van der Waals surface area contributed by atoms with Crippen LogP contribution in [0.25, 0.3) is 0 Å². The Kier molecular flexibility index (Phi) is 7.09. The zero-order chi connectivity index (χ0) is 16.7. The summed E-state index contributed by atoms with van der Waals surface area (Å²) in [5.74, 6) is 0.583. The highest BCUT2D eigenvalue weighted by Crippen LogP contribution is 2.25. The Labute approximate surface area is 150 Å². The topological polar surface area (TPSA) is 38.3 Å². The van der Waals surface area contributed by atoms with Gasteiger partial charge in [-0.15, -0.1) is 11.8 Å². The lowest BCUT2D eigenvalue weighted by molar-refractivity contribution is -0.120. The molecule has 2 aromatic rings. The highest BCUT2D eigenvalue weighted by atomic mass is 35.5. The number of hydrogen-bond acceptors (Lipinski definition) is 3. The lowest BCUT2D eigenvalue weighted by Gasteiger charge is -2.13. The van der Waals surface area contributed by atoms with E-state index in [1.165, 1.54) is 11.8 Å². The van der Waals surface area contributed by atoms with Crippen molar-refractivity contribution in [2.24, 2.45) is 0 Å². The molecule has 0 spiro atoms. The van der Waals surface area contributed by atoms with E-state index in [-0.39, 0.29) is 11.2 Å². The van der Waals surface area contributed by atoms with Crippen molar-refractivity contribution in [3.8, 4) is 5.75 Å². The molecule has 0 saturated carbocycles. The maximum Gasteiger partial charge on any atom is 0.233 e. The maximum absolute atomic E-state index is 12.1. The van der Waals surface area contributed by atoms with Crippen LogP contribution >= 0.6 is 35.0 Å². The number of nitrogens with one attached hydrogen (secondary N) is 1. The average Bonchev–Trinajstić information content (AvgIpc) is 2.55. The fourth-order valence-corrected chi connectivity index (χ4v) is 3.02. The predicted octanol–water partition coefficient (Wildman–Crippen LogP) is 4.67. The number of thioether (sulfide) groups is 1. The van der Waals surface area contributed by atoms with Gasteiger partial charge in [-0.05, 0) is 43.3 Å². The minimum atomic E-state index is -0.198. The first-order valence-corrected chi connectivity index (χ1v) is 8.77. The lowest BCUT2D eigenvalue weighted by atomic mass is 10.3. The Hall–Kier alpha value is -1.36. The van der Waals surface area contributed by atoms with Gasteiger partial charge in [-0.25, -0.2) is 0 Å². The molecule has 1 N–H and O–H groups in total. The molecule has 0 aliphatic carbocycles. The number of carbonyl (C=O) groups is 1. The van der Waals surface area contributed by atoms with E-state index in [1.807, 2.05) is 43.3 Å². The number of rotatable bonds is 7. The van der Waals surface area contributed by atoms with Crippen molar-refractivity contribution in [2.45, 2.75) is 17.1 Å². The van der Waals surface area contributed by atoms with Crippen molar-refractivity contribution in [1.82, 2.24) is 5.32 Å². The van der Waals surface area contributed by atoms with Crippen LogP contribution in [0, 0.1) is 0 Å². The molecule has 1 atom stereocenters. The minimum Gasteiger partial charge on any atom is -0.490 e. The smallest absolute Gasteiger partial charge is 0.233 e. The van der Waals surface area contributed by atoms with Crippen molar-refractivity contribution in [1.29, 1.82) is 0 Å². The molecule has 2 rings (SSSR count). The molecule has 122 valence electrons. The second-order valence-electron chi connectivity index (χ2n) is 4.78. The van der Waals surface area contributed by atoms with Crippen LogP contribution in [0.4, 0.5) is 0 Å². The Morgan fingerprint density at radius 1 is 1.17 bits per heavy atom. The Morgan fingerprint density at radius 2 is 1.87 bits per heavy atom. The third-order valence-electron chi connectivity index (χ3n) is 2.99. The molecule has 0 radical (unpaired) electrons. The fourth-order valence-electron chi connectivity index (χ4n) is 1.81. The van der Waals surface area contributed by atoms with Crippen LogP contribution in [0.15, 0.2) is 53.4 Å². The third kappa shape index (κ3) is 5.98. The summed E-state index contributed by atoms with van der Waals surface area (Å²) in [7, 11) is 0. The Bertz CT molecular complexity index is 649. The monoisotopic (exact) mass is 369 g/mol. The van der Waals surface area contributed by atoms with Crippen LogP contribution in [0.1, 0.15) is 6.92 Å². The van der Waals surface area contributed by atoms with Crippen molar-refractivity contribution in [3.63, 3.8) is 0 Å². The van der Waals surface area contributed by atoms with E-state index in [0.29, 0.717) is 28.9 Å². The summed E-state index contributed by atoms with van der Waals surface area (Å²) in [5, 5.41) is 3.90. The summed E-state index contributed by atoms with van der Waals surface area (Å²) in [6, 6.07) is 14.7. The summed E-state index contributed by atoms with van der Waals surface area (Å²) in [5.41, 5.74) is 0. The van der Waals surface area contributed by atoms with Gasteiger partial charge in [0.2, 0.25) is 5.91 Å². The van der Waals surface area contributed by atoms with Gasteiger partial charge in [0, 0.05) is 9.92 Å². The van der Waals surface area contributed by atoms with Crippen LogP contribution in [0.2, 0.25) is 10.0 Å². The van der Waals surface area contributed by atoms with Gasteiger partial charge in [0.1, 0.15) is 12.4 Å².